The van der Waals surface area contributed by atoms with E-state index in [1.165, 1.54) is 0 Å². The van der Waals surface area contributed by atoms with Gasteiger partial charge in [-0.15, -0.1) is 0 Å². The summed E-state index contributed by atoms with van der Waals surface area (Å²) in [4.78, 5) is 8.23. The van der Waals surface area contributed by atoms with Crippen LogP contribution in [0.15, 0.2) is 36.7 Å². The zero-order chi connectivity index (χ0) is 12.3. The summed E-state index contributed by atoms with van der Waals surface area (Å²) in [5, 5.41) is 10.2. The zero-order valence-corrected chi connectivity index (χ0v) is 9.79. The van der Waals surface area contributed by atoms with Crippen LogP contribution in [0, 0.1) is 6.92 Å². The summed E-state index contributed by atoms with van der Waals surface area (Å²) in [6.07, 6.45) is 2.49. The number of rotatable bonds is 3. The SMILES string of the molecule is COc1ccccc1C(O)c1ncc(C)cn1. The third kappa shape index (κ3) is 2.42. The first-order valence-electron chi connectivity index (χ1n) is 5.32. The molecule has 0 spiro atoms. The van der Waals surface area contributed by atoms with E-state index in [0.717, 1.165) is 5.56 Å². The van der Waals surface area contributed by atoms with Gasteiger partial charge in [-0.05, 0) is 18.6 Å². The van der Waals surface area contributed by atoms with Gasteiger partial charge in [0.05, 0.1) is 7.11 Å². The summed E-state index contributed by atoms with van der Waals surface area (Å²) in [7, 11) is 1.57. The third-order valence-corrected chi connectivity index (χ3v) is 2.48. The zero-order valence-electron chi connectivity index (χ0n) is 9.79. The van der Waals surface area contributed by atoms with Crippen molar-refractivity contribution in [2.45, 2.75) is 13.0 Å². The van der Waals surface area contributed by atoms with Crippen molar-refractivity contribution in [3.63, 3.8) is 0 Å². The summed E-state index contributed by atoms with van der Waals surface area (Å²) in [6, 6.07) is 7.29. The molecule has 0 aliphatic rings. The van der Waals surface area contributed by atoms with Crippen LogP contribution in [0.3, 0.4) is 0 Å². The molecule has 0 fully saturated rings. The standard InChI is InChI=1S/C13H14N2O2/c1-9-7-14-13(15-8-9)12(16)10-5-3-4-6-11(10)17-2/h3-8,12,16H,1-2H3. The van der Waals surface area contributed by atoms with Gasteiger partial charge in [-0.3, -0.25) is 0 Å². The molecule has 2 rings (SSSR count). The van der Waals surface area contributed by atoms with Crippen molar-refractivity contribution in [3.05, 3.63) is 53.6 Å². The smallest absolute Gasteiger partial charge is 0.161 e. The number of aliphatic hydroxyl groups excluding tert-OH is 1. The number of aryl methyl sites for hydroxylation is 1. The summed E-state index contributed by atoms with van der Waals surface area (Å²) in [6.45, 7) is 1.90. The molecule has 0 aliphatic heterocycles. The molecule has 0 radical (unpaired) electrons. The van der Waals surface area contributed by atoms with Crippen molar-refractivity contribution in [1.29, 1.82) is 0 Å². The highest BCUT2D eigenvalue weighted by molar-refractivity contribution is 5.37. The quantitative estimate of drug-likeness (QED) is 0.874. The van der Waals surface area contributed by atoms with Gasteiger partial charge >= 0.3 is 0 Å². The molecular weight excluding hydrogens is 216 g/mol. The Hall–Kier alpha value is -1.94. The first kappa shape index (κ1) is 11.5. The summed E-state index contributed by atoms with van der Waals surface area (Å²) in [5.74, 6) is 1.00. The van der Waals surface area contributed by atoms with Crippen LogP contribution in [0.25, 0.3) is 0 Å². The Bertz CT molecular complexity index is 497. The number of aromatic nitrogens is 2. The Morgan fingerprint density at radius 2 is 1.82 bits per heavy atom. The van der Waals surface area contributed by atoms with Crippen LogP contribution in [-0.2, 0) is 0 Å². The van der Waals surface area contributed by atoms with Gasteiger partial charge in [0, 0.05) is 18.0 Å². The molecule has 0 saturated carbocycles. The molecule has 1 atom stereocenters. The molecular formula is C13H14N2O2. The van der Waals surface area contributed by atoms with E-state index < -0.39 is 6.10 Å². The Labute approximate surface area is 99.9 Å². The van der Waals surface area contributed by atoms with Crippen LogP contribution in [0.5, 0.6) is 5.75 Å². The maximum Gasteiger partial charge on any atom is 0.161 e. The molecule has 88 valence electrons. The normalized spacial score (nSPS) is 12.2. The number of benzene rings is 1. The average Bonchev–Trinajstić information content (AvgIpc) is 2.39. The van der Waals surface area contributed by atoms with Crippen molar-refractivity contribution in [2.75, 3.05) is 7.11 Å². The largest absolute Gasteiger partial charge is 0.496 e. The maximum atomic E-state index is 10.2. The summed E-state index contributed by atoms with van der Waals surface area (Å²) in [5.41, 5.74) is 1.62. The average molecular weight is 230 g/mol. The fourth-order valence-electron chi connectivity index (χ4n) is 1.58. The predicted octanol–water partition coefficient (Wildman–Crippen LogP) is 1.88. The van der Waals surface area contributed by atoms with Crippen LogP contribution >= 0.6 is 0 Å². The van der Waals surface area contributed by atoms with Crippen molar-refractivity contribution in [3.8, 4) is 5.75 Å². The number of ether oxygens (including phenoxy) is 1. The molecule has 0 amide bonds. The molecule has 1 unspecified atom stereocenters. The van der Waals surface area contributed by atoms with Crippen molar-refractivity contribution >= 4 is 0 Å². The summed E-state index contributed by atoms with van der Waals surface area (Å²) < 4.78 is 5.20. The first-order chi connectivity index (χ1) is 8.22. The highest BCUT2D eigenvalue weighted by Gasteiger charge is 2.17. The van der Waals surface area contributed by atoms with Gasteiger partial charge in [0.1, 0.15) is 11.9 Å². The molecule has 1 aromatic carbocycles. The lowest BCUT2D eigenvalue weighted by molar-refractivity contribution is 0.204. The van der Waals surface area contributed by atoms with E-state index in [1.807, 2.05) is 19.1 Å². The maximum absolute atomic E-state index is 10.2. The number of methoxy groups -OCH3 is 1. The molecule has 0 bridgehead atoms. The number of para-hydroxylation sites is 1. The minimum Gasteiger partial charge on any atom is -0.496 e. The highest BCUT2D eigenvalue weighted by Crippen LogP contribution is 2.27. The fourth-order valence-corrected chi connectivity index (χ4v) is 1.58. The Morgan fingerprint density at radius 3 is 2.47 bits per heavy atom. The van der Waals surface area contributed by atoms with Crippen LogP contribution in [0.2, 0.25) is 0 Å². The highest BCUT2D eigenvalue weighted by atomic mass is 16.5. The molecule has 4 nitrogen and oxygen atoms in total. The minimum absolute atomic E-state index is 0.375. The lowest BCUT2D eigenvalue weighted by Crippen LogP contribution is -2.06. The van der Waals surface area contributed by atoms with Crippen molar-refractivity contribution < 1.29 is 9.84 Å². The lowest BCUT2D eigenvalue weighted by Gasteiger charge is -2.13. The lowest BCUT2D eigenvalue weighted by atomic mass is 10.1. The molecule has 4 heteroatoms. The van der Waals surface area contributed by atoms with E-state index >= 15 is 0 Å². The van der Waals surface area contributed by atoms with Gasteiger partial charge in [0.2, 0.25) is 0 Å². The van der Waals surface area contributed by atoms with Gasteiger partial charge < -0.3 is 9.84 Å². The van der Waals surface area contributed by atoms with Crippen molar-refractivity contribution in [2.24, 2.45) is 0 Å². The number of nitrogens with zero attached hydrogens (tertiary/aromatic N) is 2. The van der Waals surface area contributed by atoms with Crippen molar-refractivity contribution in [1.82, 2.24) is 9.97 Å². The van der Waals surface area contributed by atoms with Crippen LogP contribution < -0.4 is 4.74 Å². The second kappa shape index (κ2) is 4.93. The fraction of sp³-hybridized carbons (Fsp3) is 0.231. The van der Waals surface area contributed by atoms with Gasteiger partial charge in [-0.2, -0.15) is 0 Å². The second-order valence-electron chi connectivity index (χ2n) is 3.76. The molecule has 2 aromatic rings. The van der Waals surface area contributed by atoms with E-state index in [9.17, 15) is 5.11 Å². The first-order valence-corrected chi connectivity index (χ1v) is 5.32. The van der Waals surface area contributed by atoms with E-state index in [2.05, 4.69) is 9.97 Å². The number of hydrogen-bond acceptors (Lipinski definition) is 4. The Balaban J connectivity index is 2.36. The second-order valence-corrected chi connectivity index (χ2v) is 3.76. The molecule has 1 aromatic heterocycles. The molecule has 1 N–H and O–H groups in total. The van der Waals surface area contributed by atoms with E-state index in [1.54, 1.807) is 31.6 Å². The topological polar surface area (TPSA) is 55.2 Å². The molecule has 1 heterocycles. The van der Waals surface area contributed by atoms with E-state index in [4.69, 9.17) is 4.74 Å². The molecule has 17 heavy (non-hydrogen) atoms. The van der Waals surface area contributed by atoms with Gasteiger partial charge in [-0.1, -0.05) is 18.2 Å². The third-order valence-electron chi connectivity index (χ3n) is 2.48. The minimum atomic E-state index is -0.869. The number of hydrogen-bond donors (Lipinski definition) is 1. The Morgan fingerprint density at radius 1 is 1.18 bits per heavy atom. The van der Waals surface area contributed by atoms with E-state index in [0.29, 0.717) is 17.1 Å². The van der Waals surface area contributed by atoms with Crippen LogP contribution in [-0.4, -0.2) is 22.2 Å². The summed E-state index contributed by atoms with van der Waals surface area (Å²) >= 11 is 0. The van der Waals surface area contributed by atoms with Gasteiger partial charge in [0.25, 0.3) is 0 Å². The van der Waals surface area contributed by atoms with Gasteiger partial charge in [0.15, 0.2) is 5.82 Å². The monoisotopic (exact) mass is 230 g/mol. The molecule has 0 saturated heterocycles. The van der Waals surface area contributed by atoms with Gasteiger partial charge in [-0.25, -0.2) is 9.97 Å². The van der Waals surface area contributed by atoms with Crippen LogP contribution in [0.4, 0.5) is 0 Å². The molecule has 0 aliphatic carbocycles. The number of aliphatic hydroxyl groups is 1. The Kier molecular flexibility index (Phi) is 3.35. The predicted molar refractivity (Wildman–Crippen MR) is 63.8 cm³/mol. The van der Waals surface area contributed by atoms with Crippen LogP contribution in [0.1, 0.15) is 23.1 Å². The van der Waals surface area contributed by atoms with E-state index in [-0.39, 0.29) is 0 Å².